The summed E-state index contributed by atoms with van der Waals surface area (Å²) < 4.78 is 14.0. The van der Waals surface area contributed by atoms with Crippen molar-refractivity contribution in [1.29, 1.82) is 0 Å². The van der Waals surface area contributed by atoms with Gasteiger partial charge < -0.3 is 15.5 Å². The summed E-state index contributed by atoms with van der Waals surface area (Å²) in [6, 6.07) is 15.3. The van der Waals surface area contributed by atoms with Crippen LogP contribution in [0.2, 0.25) is 0 Å². The van der Waals surface area contributed by atoms with Gasteiger partial charge in [-0.3, -0.25) is 4.90 Å². The van der Waals surface area contributed by atoms with E-state index in [1.54, 1.807) is 31.1 Å². The smallest absolute Gasteiger partial charge is 0.320 e. The second-order valence-corrected chi connectivity index (χ2v) is 8.80. The Morgan fingerprint density at radius 1 is 1.06 bits per heavy atom. The lowest BCUT2D eigenvalue weighted by atomic mass is 9.89. The van der Waals surface area contributed by atoms with Gasteiger partial charge in [-0.25, -0.2) is 9.18 Å². The Morgan fingerprint density at radius 2 is 1.75 bits per heavy atom. The molecule has 2 aliphatic heterocycles. The largest absolute Gasteiger partial charge is 0.331 e. The third-order valence-electron chi connectivity index (χ3n) is 6.42. The van der Waals surface area contributed by atoms with Crippen molar-refractivity contribution in [1.82, 2.24) is 14.7 Å². The molecule has 5 nitrogen and oxygen atoms in total. The van der Waals surface area contributed by atoms with Crippen molar-refractivity contribution in [3.63, 3.8) is 0 Å². The van der Waals surface area contributed by atoms with E-state index in [0.717, 1.165) is 38.2 Å². The summed E-state index contributed by atoms with van der Waals surface area (Å²) in [4.78, 5) is 18.9. The van der Waals surface area contributed by atoms with Gasteiger partial charge in [0.1, 0.15) is 5.82 Å². The van der Waals surface area contributed by atoms with Crippen molar-refractivity contribution in [2.45, 2.75) is 19.0 Å². The molecule has 0 unspecified atom stereocenters. The van der Waals surface area contributed by atoms with E-state index in [-0.39, 0.29) is 42.7 Å². The zero-order valence-corrected chi connectivity index (χ0v) is 20.2. The number of urea groups is 1. The minimum Gasteiger partial charge on any atom is -0.331 e. The fourth-order valence-corrected chi connectivity index (χ4v) is 5.07. The van der Waals surface area contributed by atoms with E-state index in [1.807, 2.05) is 11.0 Å². The predicted molar refractivity (Wildman–Crippen MR) is 131 cm³/mol. The van der Waals surface area contributed by atoms with Crippen LogP contribution in [0.1, 0.15) is 22.7 Å². The molecule has 0 saturated carbocycles. The summed E-state index contributed by atoms with van der Waals surface area (Å²) in [7, 11) is 3.55. The molecule has 0 aromatic heterocycles. The number of halogens is 3. The number of nitrogens with zero attached hydrogens (tertiary/aromatic N) is 3. The van der Waals surface area contributed by atoms with Gasteiger partial charge in [-0.05, 0) is 47.7 Å². The Kier molecular flexibility index (Phi) is 9.34. The van der Waals surface area contributed by atoms with Gasteiger partial charge >= 0.3 is 6.03 Å². The van der Waals surface area contributed by atoms with E-state index < -0.39 is 0 Å². The maximum absolute atomic E-state index is 14.0. The highest BCUT2D eigenvalue weighted by Crippen LogP contribution is 2.45. The van der Waals surface area contributed by atoms with Crippen LogP contribution in [0.25, 0.3) is 0 Å². The third-order valence-corrected chi connectivity index (χ3v) is 6.42. The first-order valence-corrected chi connectivity index (χ1v) is 10.7. The third kappa shape index (κ3) is 5.54. The highest BCUT2D eigenvalue weighted by Gasteiger charge is 2.49. The molecule has 4 rings (SSSR count). The first-order chi connectivity index (χ1) is 14.5. The van der Waals surface area contributed by atoms with Crippen molar-refractivity contribution < 1.29 is 9.18 Å². The first kappa shape index (κ1) is 26.4. The Bertz CT molecular complexity index is 896. The van der Waals surface area contributed by atoms with Crippen LogP contribution in [0.4, 0.5) is 9.18 Å². The van der Waals surface area contributed by atoms with Crippen LogP contribution in [0.5, 0.6) is 0 Å². The number of nitrogens with two attached hydrogens (primary N) is 1. The van der Waals surface area contributed by atoms with Crippen LogP contribution in [-0.4, -0.2) is 61.0 Å². The van der Waals surface area contributed by atoms with Crippen LogP contribution in [0.3, 0.4) is 0 Å². The van der Waals surface area contributed by atoms with E-state index in [2.05, 4.69) is 29.2 Å². The molecule has 3 atom stereocenters. The summed E-state index contributed by atoms with van der Waals surface area (Å²) in [5.74, 6) is 0.464. The van der Waals surface area contributed by atoms with Crippen molar-refractivity contribution in [2.75, 3.05) is 40.3 Å². The predicted octanol–water partition coefficient (Wildman–Crippen LogP) is 3.96. The lowest BCUT2D eigenvalue weighted by Gasteiger charge is -2.32. The van der Waals surface area contributed by atoms with Crippen LogP contribution in [-0.2, 0) is 13.0 Å². The van der Waals surface area contributed by atoms with Gasteiger partial charge in [-0.1, -0.05) is 36.4 Å². The Morgan fingerprint density at radius 3 is 2.38 bits per heavy atom. The van der Waals surface area contributed by atoms with E-state index in [1.165, 1.54) is 17.2 Å². The number of likely N-dealkylation sites (tertiary alicyclic amines) is 2. The van der Waals surface area contributed by atoms with Gasteiger partial charge in [-0.15, -0.1) is 24.8 Å². The van der Waals surface area contributed by atoms with Gasteiger partial charge in [0.05, 0.1) is 6.04 Å². The molecule has 2 N–H and O–H groups in total. The number of carbonyl (C=O) groups excluding carboxylic acids is 1. The number of hydrogen-bond acceptors (Lipinski definition) is 3. The molecule has 32 heavy (non-hydrogen) atoms. The normalized spacial score (nSPS) is 22.1. The average molecular weight is 483 g/mol. The maximum atomic E-state index is 14.0. The van der Waals surface area contributed by atoms with E-state index in [4.69, 9.17) is 5.73 Å². The van der Waals surface area contributed by atoms with Gasteiger partial charge in [0.2, 0.25) is 0 Å². The van der Waals surface area contributed by atoms with Gasteiger partial charge in [-0.2, -0.15) is 0 Å². The summed E-state index contributed by atoms with van der Waals surface area (Å²) in [5.41, 5.74) is 9.09. The second kappa shape index (κ2) is 11.3. The monoisotopic (exact) mass is 482 g/mol. The van der Waals surface area contributed by atoms with E-state index in [9.17, 15) is 9.18 Å². The molecule has 0 spiro atoms. The number of amides is 2. The fourth-order valence-electron chi connectivity index (χ4n) is 5.07. The number of benzene rings is 2. The molecule has 2 heterocycles. The Balaban J connectivity index is 0.00000181. The molecule has 2 saturated heterocycles. The fraction of sp³-hybridized carbons (Fsp3) is 0.458. The molecular formula is C24H33Cl2FN4O. The standard InChI is InChI=1S/C24H31FN4O.2ClH/c1-27(2)24(30)29-15-20-14-28(13-18-8-6-17(7-9-18)10-11-26)16-22(20)23(29)19-4-3-5-21(25)12-19;;/h3-9,12,20,22-23H,10-11,13-16,26H2,1-2H3;2*1H/t20-,22-,23+;;/m1../s1. The molecule has 0 bridgehead atoms. The number of rotatable bonds is 5. The summed E-state index contributed by atoms with van der Waals surface area (Å²) in [5, 5.41) is 0. The van der Waals surface area contributed by atoms with E-state index >= 15 is 0 Å². The van der Waals surface area contributed by atoms with Gasteiger partial charge in [0.25, 0.3) is 0 Å². The molecule has 0 aliphatic carbocycles. The SMILES string of the molecule is CN(C)C(=O)N1C[C@H]2CN(Cc3ccc(CCN)cc3)C[C@H]2[C@@H]1c1cccc(F)c1.Cl.Cl. The molecule has 2 aromatic rings. The van der Waals surface area contributed by atoms with Crippen LogP contribution in [0, 0.1) is 17.7 Å². The molecule has 2 amide bonds. The molecule has 2 aliphatic rings. The van der Waals surface area contributed by atoms with Crippen molar-refractivity contribution in [3.05, 3.63) is 71.0 Å². The molecule has 176 valence electrons. The van der Waals surface area contributed by atoms with Crippen LogP contribution >= 0.6 is 24.8 Å². The van der Waals surface area contributed by atoms with Crippen molar-refractivity contribution >= 4 is 30.8 Å². The molecule has 2 aromatic carbocycles. The number of hydrogen-bond donors (Lipinski definition) is 1. The molecular weight excluding hydrogens is 450 g/mol. The lowest BCUT2D eigenvalue weighted by Crippen LogP contribution is -2.41. The molecule has 8 heteroatoms. The Hall–Kier alpha value is -1.86. The number of carbonyl (C=O) groups is 1. The van der Waals surface area contributed by atoms with Crippen LogP contribution in [0.15, 0.2) is 48.5 Å². The van der Waals surface area contributed by atoms with Crippen molar-refractivity contribution in [2.24, 2.45) is 17.6 Å². The highest BCUT2D eigenvalue weighted by molar-refractivity contribution is 5.85. The summed E-state index contributed by atoms with van der Waals surface area (Å²) >= 11 is 0. The molecule has 2 fully saturated rings. The summed E-state index contributed by atoms with van der Waals surface area (Å²) in [6.07, 6.45) is 0.902. The van der Waals surface area contributed by atoms with Gasteiger partial charge in [0, 0.05) is 46.2 Å². The van der Waals surface area contributed by atoms with Crippen molar-refractivity contribution in [3.8, 4) is 0 Å². The lowest BCUT2D eigenvalue weighted by molar-refractivity contribution is 0.151. The van der Waals surface area contributed by atoms with Crippen LogP contribution < -0.4 is 5.73 Å². The minimum atomic E-state index is -0.249. The number of fused-ring (bicyclic) bond motifs is 1. The zero-order chi connectivity index (χ0) is 21.3. The topological polar surface area (TPSA) is 52.8 Å². The Labute approximate surface area is 202 Å². The molecule has 0 radical (unpaired) electrons. The van der Waals surface area contributed by atoms with Gasteiger partial charge in [0.15, 0.2) is 0 Å². The quantitative estimate of drug-likeness (QED) is 0.701. The van der Waals surface area contributed by atoms with E-state index in [0.29, 0.717) is 18.4 Å². The second-order valence-electron chi connectivity index (χ2n) is 8.80. The highest BCUT2D eigenvalue weighted by atomic mass is 35.5. The minimum absolute atomic E-state index is 0. The summed E-state index contributed by atoms with van der Waals surface area (Å²) in [6.45, 7) is 4.15. The maximum Gasteiger partial charge on any atom is 0.320 e. The average Bonchev–Trinajstić information content (AvgIpc) is 3.26. The first-order valence-electron chi connectivity index (χ1n) is 10.7. The zero-order valence-electron chi connectivity index (χ0n) is 18.6.